The van der Waals surface area contributed by atoms with Crippen molar-refractivity contribution in [3.63, 3.8) is 0 Å². The molecule has 6 heteroatoms. The van der Waals surface area contributed by atoms with E-state index >= 15 is 0 Å². The van der Waals surface area contributed by atoms with Crippen LogP contribution in [0.5, 0.6) is 0 Å². The van der Waals surface area contributed by atoms with Gasteiger partial charge in [-0.05, 0) is 32.8 Å². The molecule has 1 aliphatic rings. The monoisotopic (exact) mass is 299 g/mol. The average molecular weight is 299 g/mol. The molecule has 1 aliphatic heterocycles. The number of aryl methyl sites for hydroxylation is 2. The van der Waals surface area contributed by atoms with Crippen LogP contribution in [0.15, 0.2) is 18.6 Å². The van der Waals surface area contributed by atoms with Crippen LogP contribution >= 0.6 is 0 Å². The van der Waals surface area contributed by atoms with E-state index in [0.29, 0.717) is 12.3 Å². The third-order valence-electron chi connectivity index (χ3n) is 4.41. The predicted octanol–water partition coefficient (Wildman–Crippen LogP) is 1.77. The van der Waals surface area contributed by atoms with Gasteiger partial charge < -0.3 is 4.90 Å². The van der Waals surface area contributed by atoms with E-state index in [2.05, 4.69) is 20.2 Å². The lowest BCUT2D eigenvalue weighted by molar-refractivity contribution is -0.131. The van der Waals surface area contributed by atoms with Crippen LogP contribution in [0.2, 0.25) is 0 Å². The molecule has 0 spiro atoms. The summed E-state index contributed by atoms with van der Waals surface area (Å²) in [4.78, 5) is 22.9. The van der Waals surface area contributed by atoms with Gasteiger partial charge in [-0.15, -0.1) is 0 Å². The maximum absolute atomic E-state index is 12.6. The smallest absolute Gasteiger partial charge is 0.227 e. The fourth-order valence-electron chi connectivity index (χ4n) is 3.09. The van der Waals surface area contributed by atoms with E-state index in [1.165, 1.54) is 0 Å². The number of carbonyl (C=O) groups is 1. The molecule has 1 saturated heterocycles. The Bertz CT molecular complexity index is 632. The molecule has 3 rings (SSSR count). The van der Waals surface area contributed by atoms with Crippen molar-refractivity contribution in [3.05, 3.63) is 41.2 Å². The van der Waals surface area contributed by atoms with Gasteiger partial charge >= 0.3 is 0 Å². The molecule has 6 nitrogen and oxygen atoms in total. The Morgan fingerprint density at radius 3 is 3.00 bits per heavy atom. The van der Waals surface area contributed by atoms with Crippen molar-refractivity contribution >= 4 is 5.91 Å². The summed E-state index contributed by atoms with van der Waals surface area (Å²) in [5.74, 6) is 0.485. The molecular weight excluding hydrogens is 278 g/mol. The molecule has 2 aromatic heterocycles. The summed E-state index contributed by atoms with van der Waals surface area (Å²) in [5.41, 5.74) is 3.95. The molecule has 1 N–H and O–H groups in total. The van der Waals surface area contributed by atoms with Gasteiger partial charge in [0.25, 0.3) is 0 Å². The molecular formula is C16H21N5O. The minimum absolute atomic E-state index is 0.173. The van der Waals surface area contributed by atoms with Crippen molar-refractivity contribution < 1.29 is 4.79 Å². The number of hydrogen-bond acceptors (Lipinski definition) is 4. The van der Waals surface area contributed by atoms with E-state index in [0.717, 1.165) is 48.6 Å². The lowest BCUT2D eigenvalue weighted by Gasteiger charge is -2.32. The van der Waals surface area contributed by atoms with Crippen LogP contribution in [-0.4, -0.2) is 44.1 Å². The molecule has 1 fully saturated rings. The summed E-state index contributed by atoms with van der Waals surface area (Å²) in [7, 11) is 0. The number of amides is 1. The van der Waals surface area contributed by atoms with Gasteiger partial charge in [0.2, 0.25) is 5.91 Å². The molecule has 3 heterocycles. The molecule has 1 amide bonds. The number of nitrogens with one attached hydrogen (secondary N) is 1. The molecule has 0 unspecified atom stereocenters. The van der Waals surface area contributed by atoms with E-state index in [-0.39, 0.29) is 5.91 Å². The summed E-state index contributed by atoms with van der Waals surface area (Å²) in [5, 5.41) is 7.11. The first-order valence-electron chi connectivity index (χ1n) is 7.69. The zero-order chi connectivity index (χ0) is 15.5. The zero-order valence-electron chi connectivity index (χ0n) is 13.0. The highest BCUT2D eigenvalue weighted by Gasteiger charge is 2.26. The second kappa shape index (κ2) is 6.25. The number of carbonyl (C=O) groups excluding carboxylic acids is 1. The Balaban J connectivity index is 1.68. The average Bonchev–Trinajstić information content (AvgIpc) is 2.88. The predicted molar refractivity (Wildman–Crippen MR) is 82.4 cm³/mol. The van der Waals surface area contributed by atoms with E-state index in [1.807, 2.05) is 24.8 Å². The molecule has 0 aromatic carbocycles. The summed E-state index contributed by atoms with van der Waals surface area (Å²) in [6.45, 7) is 5.47. The largest absolute Gasteiger partial charge is 0.342 e. The summed E-state index contributed by atoms with van der Waals surface area (Å²) in [6.07, 6.45) is 5.86. The van der Waals surface area contributed by atoms with Gasteiger partial charge in [0.15, 0.2) is 0 Å². The van der Waals surface area contributed by atoms with Gasteiger partial charge in [-0.3, -0.25) is 9.89 Å². The standard InChI is InChI=1S/C16H21N5O/c1-11-14(12(2)20-19-11)8-16(22)21-7-3-4-13(9-21)15-5-6-17-10-18-15/h5-6,10,13H,3-4,7-9H2,1-2H3,(H,19,20)/t13-/m0/s1. The van der Waals surface area contributed by atoms with Gasteiger partial charge in [0, 0.05) is 42.2 Å². The summed E-state index contributed by atoms with van der Waals surface area (Å²) >= 11 is 0. The van der Waals surface area contributed by atoms with Crippen molar-refractivity contribution in [1.82, 2.24) is 25.1 Å². The first kappa shape index (κ1) is 14.7. The molecule has 0 radical (unpaired) electrons. The fraction of sp³-hybridized carbons (Fsp3) is 0.500. The Hall–Kier alpha value is -2.24. The molecule has 1 atom stereocenters. The van der Waals surface area contributed by atoms with Crippen LogP contribution in [0.4, 0.5) is 0 Å². The minimum atomic E-state index is 0.173. The normalized spacial score (nSPS) is 18.5. The van der Waals surface area contributed by atoms with Crippen LogP contribution < -0.4 is 0 Å². The van der Waals surface area contributed by atoms with E-state index in [9.17, 15) is 4.79 Å². The fourth-order valence-corrected chi connectivity index (χ4v) is 3.09. The SMILES string of the molecule is Cc1n[nH]c(C)c1CC(=O)N1CCC[C@H](c2ccncn2)C1. The van der Waals surface area contributed by atoms with Gasteiger partial charge in [-0.1, -0.05) is 0 Å². The van der Waals surface area contributed by atoms with E-state index < -0.39 is 0 Å². The van der Waals surface area contributed by atoms with Gasteiger partial charge in [0.05, 0.1) is 12.1 Å². The second-order valence-corrected chi connectivity index (χ2v) is 5.90. The Kier molecular flexibility index (Phi) is 4.18. The Morgan fingerprint density at radius 2 is 2.32 bits per heavy atom. The Labute approximate surface area is 130 Å². The highest BCUT2D eigenvalue weighted by atomic mass is 16.2. The second-order valence-electron chi connectivity index (χ2n) is 5.90. The maximum Gasteiger partial charge on any atom is 0.227 e. The number of hydrogen-bond donors (Lipinski definition) is 1. The van der Waals surface area contributed by atoms with Crippen molar-refractivity contribution in [2.45, 2.75) is 39.0 Å². The third-order valence-corrected chi connectivity index (χ3v) is 4.41. The van der Waals surface area contributed by atoms with Crippen molar-refractivity contribution in [2.24, 2.45) is 0 Å². The summed E-state index contributed by atoms with van der Waals surface area (Å²) in [6, 6.07) is 1.95. The van der Waals surface area contributed by atoms with Gasteiger partial charge in [-0.2, -0.15) is 5.10 Å². The van der Waals surface area contributed by atoms with Crippen LogP contribution in [0.3, 0.4) is 0 Å². The number of nitrogens with zero attached hydrogens (tertiary/aromatic N) is 4. The lowest BCUT2D eigenvalue weighted by Crippen LogP contribution is -2.40. The number of likely N-dealkylation sites (tertiary alicyclic amines) is 1. The van der Waals surface area contributed by atoms with Crippen LogP contribution in [-0.2, 0) is 11.2 Å². The van der Waals surface area contributed by atoms with Crippen molar-refractivity contribution in [1.29, 1.82) is 0 Å². The van der Waals surface area contributed by atoms with Gasteiger partial charge in [0.1, 0.15) is 6.33 Å². The quantitative estimate of drug-likeness (QED) is 0.937. The summed E-state index contributed by atoms with van der Waals surface area (Å²) < 4.78 is 0. The molecule has 0 bridgehead atoms. The van der Waals surface area contributed by atoms with Crippen molar-refractivity contribution in [2.75, 3.05) is 13.1 Å². The zero-order valence-corrected chi connectivity index (χ0v) is 13.0. The van der Waals surface area contributed by atoms with E-state index in [1.54, 1.807) is 12.5 Å². The maximum atomic E-state index is 12.6. The highest BCUT2D eigenvalue weighted by molar-refractivity contribution is 5.79. The number of piperidine rings is 1. The van der Waals surface area contributed by atoms with Gasteiger partial charge in [-0.25, -0.2) is 9.97 Å². The number of H-pyrrole nitrogens is 1. The number of aromatic nitrogens is 4. The third kappa shape index (κ3) is 3.00. The Morgan fingerprint density at radius 1 is 1.45 bits per heavy atom. The highest BCUT2D eigenvalue weighted by Crippen LogP contribution is 2.25. The van der Waals surface area contributed by atoms with Crippen LogP contribution in [0.25, 0.3) is 0 Å². The molecule has 22 heavy (non-hydrogen) atoms. The molecule has 116 valence electrons. The first-order chi connectivity index (χ1) is 10.6. The number of rotatable bonds is 3. The first-order valence-corrected chi connectivity index (χ1v) is 7.69. The molecule has 0 aliphatic carbocycles. The molecule has 2 aromatic rings. The van der Waals surface area contributed by atoms with Crippen LogP contribution in [0.1, 0.15) is 41.4 Å². The minimum Gasteiger partial charge on any atom is -0.342 e. The molecule has 0 saturated carbocycles. The van der Waals surface area contributed by atoms with Crippen LogP contribution in [0, 0.1) is 13.8 Å². The number of aromatic amines is 1. The van der Waals surface area contributed by atoms with E-state index in [4.69, 9.17) is 0 Å². The van der Waals surface area contributed by atoms with Crippen molar-refractivity contribution in [3.8, 4) is 0 Å². The topological polar surface area (TPSA) is 74.8 Å². The lowest BCUT2D eigenvalue weighted by atomic mass is 9.94.